The van der Waals surface area contributed by atoms with E-state index in [1.54, 1.807) is 21.3 Å². The fraction of sp³-hybridized carbons (Fsp3) is 0.949. The standard InChI is InChI=1S/C39H76O11Si/c1-27-33(45-24-18-15-21-42-10)29(3)38(41)49-32(6)36(50-51(13,14)39(7,8)9)28(2)34(46-25-19-16-22-43-11)30(4)37(40)48-31(5)35(27)47-26-20-17-23-44-12/h27-36H,15-26H2,1-14H3/t27-,28-,29+,30+,31-,32+,33-,34-,35?,36?/m0/s1. The minimum Gasteiger partial charge on any atom is -0.460 e. The molecule has 0 radical (unpaired) electrons. The first-order chi connectivity index (χ1) is 23.9. The van der Waals surface area contributed by atoms with Gasteiger partial charge in [0, 0.05) is 72.8 Å². The summed E-state index contributed by atoms with van der Waals surface area (Å²) in [6.45, 7) is 25.6. The number of unbranched alkanes of at least 4 members (excludes halogenated alkanes) is 3. The number of carbonyl (C=O) groups excluding carboxylic acids is 2. The fourth-order valence-corrected chi connectivity index (χ4v) is 7.87. The molecule has 0 aromatic heterocycles. The van der Waals surface area contributed by atoms with E-state index in [2.05, 4.69) is 33.9 Å². The molecule has 0 spiro atoms. The number of rotatable bonds is 20. The molecule has 1 fully saturated rings. The Bertz CT molecular complexity index is 958. The Morgan fingerprint density at radius 2 is 0.843 bits per heavy atom. The number of hydrogen-bond donors (Lipinski definition) is 0. The van der Waals surface area contributed by atoms with Crippen molar-refractivity contribution in [2.75, 3.05) is 61.0 Å². The van der Waals surface area contributed by atoms with Gasteiger partial charge < -0.3 is 42.3 Å². The highest BCUT2D eigenvalue weighted by Crippen LogP contribution is 2.40. The predicted octanol–water partition coefficient (Wildman–Crippen LogP) is 7.23. The van der Waals surface area contributed by atoms with Gasteiger partial charge in [0.05, 0.1) is 36.3 Å². The van der Waals surface area contributed by atoms with Gasteiger partial charge in [0.2, 0.25) is 0 Å². The number of ether oxygens (including phenoxy) is 8. The minimum atomic E-state index is -2.37. The lowest BCUT2D eigenvalue weighted by molar-refractivity contribution is -0.187. The molecule has 0 amide bonds. The second-order valence-corrected chi connectivity index (χ2v) is 20.8. The molecule has 12 heteroatoms. The molecule has 0 aliphatic carbocycles. The predicted molar refractivity (Wildman–Crippen MR) is 202 cm³/mol. The third-order valence-electron chi connectivity index (χ3n) is 10.7. The van der Waals surface area contributed by atoms with Crippen LogP contribution in [0.5, 0.6) is 0 Å². The van der Waals surface area contributed by atoms with Crippen LogP contribution in [-0.4, -0.2) is 118 Å². The van der Waals surface area contributed by atoms with E-state index in [-0.39, 0.29) is 28.8 Å². The highest BCUT2D eigenvalue weighted by molar-refractivity contribution is 6.74. The fourth-order valence-electron chi connectivity index (χ4n) is 6.43. The molecule has 1 saturated heterocycles. The maximum absolute atomic E-state index is 14.1. The summed E-state index contributed by atoms with van der Waals surface area (Å²) in [6.07, 6.45) is 1.38. The summed E-state index contributed by atoms with van der Waals surface area (Å²) >= 11 is 0. The third kappa shape index (κ3) is 16.0. The minimum absolute atomic E-state index is 0.102. The lowest BCUT2D eigenvalue weighted by Gasteiger charge is -2.45. The first-order valence-electron chi connectivity index (χ1n) is 19.3. The van der Waals surface area contributed by atoms with Gasteiger partial charge in [-0.3, -0.25) is 9.59 Å². The average Bonchev–Trinajstić information content (AvgIpc) is 3.06. The van der Waals surface area contributed by atoms with Gasteiger partial charge in [-0.1, -0.05) is 34.6 Å². The quantitative estimate of drug-likeness (QED) is 0.0713. The molecule has 1 rings (SSSR count). The van der Waals surface area contributed by atoms with Crippen molar-refractivity contribution in [3.8, 4) is 0 Å². The van der Waals surface area contributed by atoms with Crippen LogP contribution < -0.4 is 0 Å². The largest absolute Gasteiger partial charge is 0.460 e. The van der Waals surface area contributed by atoms with Crippen LogP contribution in [0.4, 0.5) is 0 Å². The van der Waals surface area contributed by atoms with Gasteiger partial charge in [-0.15, -0.1) is 0 Å². The van der Waals surface area contributed by atoms with E-state index in [4.69, 9.17) is 42.3 Å². The lowest BCUT2D eigenvalue weighted by atomic mass is 9.85. The van der Waals surface area contributed by atoms with Crippen LogP contribution in [0.15, 0.2) is 0 Å². The summed E-state index contributed by atoms with van der Waals surface area (Å²) in [4.78, 5) is 28.2. The smallest absolute Gasteiger partial charge is 0.311 e. The molecule has 0 aromatic rings. The average molecular weight is 749 g/mol. The molecule has 1 heterocycles. The van der Waals surface area contributed by atoms with Crippen molar-refractivity contribution in [2.24, 2.45) is 23.7 Å². The Morgan fingerprint density at radius 1 is 0.529 bits per heavy atom. The van der Waals surface area contributed by atoms with Crippen molar-refractivity contribution in [1.82, 2.24) is 0 Å². The second-order valence-electron chi connectivity index (χ2n) is 16.0. The van der Waals surface area contributed by atoms with Crippen LogP contribution in [0, 0.1) is 23.7 Å². The zero-order valence-electron chi connectivity index (χ0n) is 34.7. The Balaban J connectivity index is 3.68. The summed E-state index contributed by atoms with van der Waals surface area (Å²) in [5, 5.41) is -0.102. The highest BCUT2D eigenvalue weighted by Gasteiger charge is 2.47. The van der Waals surface area contributed by atoms with Gasteiger partial charge in [-0.25, -0.2) is 0 Å². The summed E-state index contributed by atoms with van der Waals surface area (Å²) in [5.74, 6) is -2.64. The van der Waals surface area contributed by atoms with E-state index in [9.17, 15) is 9.59 Å². The Hall–Kier alpha value is -1.12. The van der Waals surface area contributed by atoms with E-state index < -0.39 is 56.8 Å². The summed E-state index contributed by atoms with van der Waals surface area (Å²) in [6, 6.07) is 0. The number of carbonyl (C=O) groups is 2. The van der Waals surface area contributed by atoms with Crippen molar-refractivity contribution in [1.29, 1.82) is 0 Å². The summed E-state index contributed by atoms with van der Waals surface area (Å²) in [5.41, 5.74) is 0. The molecule has 0 saturated carbocycles. The van der Waals surface area contributed by atoms with Crippen molar-refractivity contribution < 1.29 is 51.9 Å². The van der Waals surface area contributed by atoms with Crippen LogP contribution >= 0.6 is 0 Å². The number of hydrogen-bond acceptors (Lipinski definition) is 11. The van der Waals surface area contributed by atoms with E-state index in [0.29, 0.717) is 39.6 Å². The molecule has 0 N–H and O–H groups in total. The van der Waals surface area contributed by atoms with Crippen molar-refractivity contribution >= 4 is 20.3 Å². The second kappa shape index (κ2) is 24.3. The first-order valence-corrected chi connectivity index (χ1v) is 22.3. The van der Waals surface area contributed by atoms with E-state index >= 15 is 0 Å². The van der Waals surface area contributed by atoms with E-state index in [1.165, 1.54) is 0 Å². The molecule has 51 heavy (non-hydrogen) atoms. The molecule has 1 aliphatic rings. The van der Waals surface area contributed by atoms with Gasteiger partial charge in [0.25, 0.3) is 0 Å². The van der Waals surface area contributed by atoms with Crippen molar-refractivity contribution in [2.45, 2.75) is 156 Å². The molecule has 302 valence electrons. The first kappa shape index (κ1) is 47.9. The number of methoxy groups -OCH3 is 3. The zero-order valence-corrected chi connectivity index (χ0v) is 35.7. The Kier molecular flexibility index (Phi) is 22.8. The van der Waals surface area contributed by atoms with Crippen LogP contribution in [0.25, 0.3) is 0 Å². The number of esters is 2. The molecular weight excluding hydrogens is 673 g/mol. The van der Waals surface area contributed by atoms with Crippen LogP contribution in [0.3, 0.4) is 0 Å². The topological polar surface area (TPSA) is 117 Å². The molecule has 10 atom stereocenters. The van der Waals surface area contributed by atoms with Crippen LogP contribution in [0.1, 0.15) is 101 Å². The summed E-state index contributed by atoms with van der Waals surface area (Å²) in [7, 11) is 2.66. The molecule has 1 aliphatic heterocycles. The maximum atomic E-state index is 14.1. The molecular formula is C39H76O11Si. The van der Waals surface area contributed by atoms with Gasteiger partial charge >= 0.3 is 11.9 Å². The van der Waals surface area contributed by atoms with Gasteiger partial charge in [0.15, 0.2) is 8.32 Å². The van der Waals surface area contributed by atoms with E-state index in [1.807, 2.05) is 41.5 Å². The van der Waals surface area contributed by atoms with Crippen molar-refractivity contribution in [3.05, 3.63) is 0 Å². The van der Waals surface area contributed by atoms with Gasteiger partial charge in [-0.05, 0) is 84.4 Å². The number of cyclic esters (lactones) is 2. The maximum Gasteiger partial charge on any atom is 0.311 e. The molecule has 0 bridgehead atoms. The zero-order chi connectivity index (χ0) is 38.8. The lowest BCUT2D eigenvalue weighted by Crippen LogP contribution is -2.54. The molecule has 11 nitrogen and oxygen atoms in total. The summed E-state index contributed by atoms with van der Waals surface area (Å²) < 4.78 is 54.9. The van der Waals surface area contributed by atoms with Gasteiger partial charge in [-0.2, -0.15) is 0 Å². The Labute approximate surface area is 311 Å². The third-order valence-corrected chi connectivity index (χ3v) is 15.2. The highest BCUT2D eigenvalue weighted by atomic mass is 28.4. The van der Waals surface area contributed by atoms with Gasteiger partial charge in [0.1, 0.15) is 12.2 Å². The molecule has 2 unspecified atom stereocenters. The SMILES string of the molecule is COCCCCOC1[C@H](C)OC(=O)[C@H](C)[C@@H](OCCCCOC)[C@H](C)C(O[Si](C)(C)C(C)(C)C)[C@@H](C)OC(=O)[C@H](C)[C@@H](OCCCCOC)[C@@H]1C. The van der Waals surface area contributed by atoms with E-state index in [0.717, 1.165) is 38.5 Å². The van der Waals surface area contributed by atoms with Crippen LogP contribution in [0.2, 0.25) is 18.1 Å². The monoisotopic (exact) mass is 749 g/mol. The van der Waals surface area contributed by atoms with Crippen molar-refractivity contribution in [3.63, 3.8) is 0 Å². The Morgan fingerprint density at radius 3 is 1.20 bits per heavy atom. The van der Waals surface area contributed by atoms with Crippen LogP contribution in [-0.2, 0) is 51.9 Å². The normalized spacial score (nSPS) is 30.5. The molecule has 0 aromatic carbocycles.